The second-order valence-electron chi connectivity index (χ2n) is 6.16. The van der Waals surface area contributed by atoms with Crippen molar-refractivity contribution in [3.8, 4) is 0 Å². The van der Waals surface area contributed by atoms with Crippen LogP contribution in [0.3, 0.4) is 0 Å². The van der Waals surface area contributed by atoms with Crippen molar-refractivity contribution in [3.05, 3.63) is 52.8 Å². The number of nitrogens with zero attached hydrogens (tertiary/aromatic N) is 4. The van der Waals surface area contributed by atoms with Gasteiger partial charge in [-0.1, -0.05) is 18.2 Å². The lowest BCUT2D eigenvalue weighted by Gasteiger charge is -2.34. The van der Waals surface area contributed by atoms with Crippen LogP contribution in [0.25, 0.3) is 0 Å². The highest BCUT2D eigenvalue weighted by atomic mass is 16.6. The first kappa shape index (κ1) is 16.9. The molecule has 2 heterocycles. The van der Waals surface area contributed by atoms with Crippen LogP contribution in [0.15, 0.2) is 42.7 Å². The molecule has 1 saturated heterocycles. The molecule has 1 aromatic carbocycles. The average Bonchev–Trinajstić information content (AvgIpc) is 3.10. The first-order valence-corrected chi connectivity index (χ1v) is 8.38. The number of aromatic nitrogens is 2. The molecule has 8 heteroatoms. The fourth-order valence-electron chi connectivity index (χ4n) is 3.05. The van der Waals surface area contributed by atoms with Crippen LogP contribution in [0.2, 0.25) is 0 Å². The summed E-state index contributed by atoms with van der Waals surface area (Å²) in [6.07, 6.45) is 4.77. The third-order valence-electron chi connectivity index (χ3n) is 4.31. The van der Waals surface area contributed by atoms with Crippen LogP contribution in [-0.2, 0) is 11.3 Å². The van der Waals surface area contributed by atoms with Crippen LogP contribution in [0.5, 0.6) is 0 Å². The molecule has 8 nitrogen and oxygen atoms in total. The van der Waals surface area contributed by atoms with Crippen LogP contribution in [-0.4, -0.2) is 39.7 Å². The lowest BCUT2D eigenvalue weighted by atomic mass is 10.0. The van der Waals surface area contributed by atoms with Crippen molar-refractivity contribution < 1.29 is 9.72 Å². The molecule has 132 valence electrons. The smallest absolute Gasteiger partial charge is 0.306 e. The maximum atomic E-state index is 12.2. The van der Waals surface area contributed by atoms with E-state index in [0.717, 1.165) is 25.9 Å². The maximum absolute atomic E-state index is 12.2. The number of anilines is 1. The molecule has 0 saturated carbocycles. The number of piperidine rings is 1. The summed E-state index contributed by atoms with van der Waals surface area (Å²) >= 11 is 0. The molecule has 0 radical (unpaired) electrons. The number of hydrogen-bond acceptors (Lipinski definition) is 5. The number of hydrogen-bond donors (Lipinski definition) is 1. The molecule has 1 atom stereocenters. The molecular formula is C17H21N5O3. The topological polar surface area (TPSA) is 93.3 Å². The van der Waals surface area contributed by atoms with Crippen molar-refractivity contribution in [1.29, 1.82) is 0 Å². The van der Waals surface area contributed by atoms with Crippen LogP contribution in [0.4, 0.5) is 11.4 Å². The third-order valence-corrected chi connectivity index (χ3v) is 4.31. The molecule has 25 heavy (non-hydrogen) atoms. The first-order valence-electron chi connectivity index (χ1n) is 8.38. The number of nitrogens with one attached hydrogen (secondary N) is 1. The molecule has 3 rings (SSSR count). The van der Waals surface area contributed by atoms with Crippen LogP contribution < -0.4 is 10.2 Å². The minimum absolute atomic E-state index is 0.0573. The van der Waals surface area contributed by atoms with Gasteiger partial charge in [0, 0.05) is 37.8 Å². The Balaban J connectivity index is 1.48. The molecule has 1 amide bonds. The van der Waals surface area contributed by atoms with E-state index >= 15 is 0 Å². The van der Waals surface area contributed by atoms with Crippen molar-refractivity contribution >= 4 is 17.3 Å². The van der Waals surface area contributed by atoms with Gasteiger partial charge in [0.25, 0.3) is 0 Å². The average molecular weight is 343 g/mol. The van der Waals surface area contributed by atoms with E-state index in [1.807, 2.05) is 18.2 Å². The van der Waals surface area contributed by atoms with Crippen molar-refractivity contribution in [2.45, 2.75) is 31.8 Å². The second kappa shape index (κ2) is 7.78. The zero-order chi connectivity index (χ0) is 17.6. The monoisotopic (exact) mass is 343 g/mol. The summed E-state index contributed by atoms with van der Waals surface area (Å²) in [5, 5.41) is 17.6. The number of carbonyl (C=O) groups excluding carboxylic acids is 1. The van der Waals surface area contributed by atoms with Gasteiger partial charge in [0.15, 0.2) is 0 Å². The number of benzene rings is 1. The van der Waals surface area contributed by atoms with Crippen LogP contribution in [0.1, 0.15) is 19.3 Å². The Kier molecular flexibility index (Phi) is 5.27. The van der Waals surface area contributed by atoms with Crippen LogP contribution in [0, 0.1) is 10.1 Å². The van der Waals surface area contributed by atoms with Gasteiger partial charge in [-0.25, -0.2) is 0 Å². The van der Waals surface area contributed by atoms with Gasteiger partial charge in [-0.2, -0.15) is 5.10 Å². The number of para-hydroxylation sites is 1. The minimum Gasteiger partial charge on any atom is -0.369 e. The molecule has 1 aliphatic heterocycles. The van der Waals surface area contributed by atoms with Gasteiger partial charge in [-0.05, 0) is 25.0 Å². The molecule has 1 fully saturated rings. The van der Waals surface area contributed by atoms with Crippen molar-refractivity contribution in [3.63, 3.8) is 0 Å². The summed E-state index contributed by atoms with van der Waals surface area (Å²) in [7, 11) is 0. The Hall–Kier alpha value is -2.90. The molecule has 0 spiro atoms. The highest BCUT2D eigenvalue weighted by Gasteiger charge is 2.21. The lowest BCUT2D eigenvalue weighted by Crippen LogP contribution is -2.48. The summed E-state index contributed by atoms with van der Waals surface area (Å²) in [5.41, 5.74) is 1.11. The quantitative estimate of drug-likeness (QED) is 0.639. The predicted molar refractivity (Wildman–Crippen MR) is 93.3 cm³/mol. The number of rotatable bonds is 6. The number of carbonyl (C=O) groups is 1. The van der Waals surface area contributed by atoms with E-state index in [4.69, 9.17) is 0 Å². The Morgan fingerprint density at radius 2 is 2.16 bits per heavy atom. The van der Waals surface area contributed by atoms with Crippen LogP contribution >= 0.6 is 0 Å². The molecular weight excluding hydrogens is 322 g/mol. The standard InChI is InChI=1S/C17H21N5O3/c23-17(8-10-21-13-16(11-18-21)22(24)25)19-14-5-4-9-20(12-14)15-6-2-1-3-7-15/h1-3,6-7,11,13-14H,4-5,8-10,12H2,(H,19,23). The van der Waals surface area contributed by atoms with E-state index in [-0.39, 0.29) is 24.1 Å². The van der Waals surface area contributed by atoms with Crippen molar-refractivity contribution in [1.82, 2.24) is 15.1 Å². The van der Waals surface area contributed by atoms with Gasteiger partial charge in [0.05, 0.1) is 4.92 Å². The van der Waals surface area contributed by atoms with E-state index in [2.05, 4.69) is 27.4 Å². The maximum Gasteiger partial charge on any atom is 0.306 e. The number of nitro groups is 1. The molecule has 0 bridgehead atoms. The van der Waals surface area contributed by atoms with Gasteiger partial charge in [0.2, 0.25) is 5.91 Å². The molecule has 1 N–H and O–H groups in total. The molecule has 2 aromatic rings. The molecule has 1 unspecified atom stereocenters. The highest BCUT2D eigenvalue weighted by molar-refractivity contribution is 5.76. The fraction of sp³-hybridized carbons (Fsp3) is 0.412. The fourth-order valence-corrected chi connectivity index (χ4v) is 3.05. The van der Waals surface area contributed by atoms with E-state index < -0.39 is 4.92 Å². The minimum atomic E-state index is -0.496. The van der Waals surface area contributed by atoms with E-state index in [1.165, 1.54) is 22.8 Å². The molecule has 0 aliphatic carbocycles. The highest BCUT2D eigenvalue weighted by Crippen LogP contribution is 2.19. The molecule has 1 aromatic heterocycles. The van der Waals surface area contributed by atoms with E-state index in [9.17, 15) is 14.9 Å². The lowest BCUT2D eigenvalue weighted by molar-refractivity contribution is -0.385. The Morgan fingerprint density at radius 3 is 2.88 bits per heavy atom. The Morgan fingerprint density at radius 1 is 1.36 bits per heavy atom. The van der Waals surface area contributed by atoms with E-state index in [1.54, 1.807) is 0 Å². The van der Waals surface area contributed by atoms with E-state index in [0.29, 0.717) is 6.54 Å². The first-order chi connectivity index (χ1) is 12.1. The summed E-state index contributed by atoms with van der Waals surface area (Å²) < 4.78 is 1.43. The van der Waals surface area contributed by atoms with Gasteiger partial charge in [-0.15, -0.1) is 0 Å². The van der Waals surface area contributed by atoms with Gasteiger partial charge < -0.3 is 10.2 Å². The van der Waals surface area contributed by atoms with Crippen molar-refractivity contribution in [2.24, 2.45) is 0 Å². The number of amides is 1. The summed E-state index contributed by atoms with van der Waals surface area (Å²) in [6, 6.07) is 10.3. The molecule has 1 aliphatic rings. The summed E-state index contributed by atoms with van der Waals surface area (Å²) in [4.78, 5) is 24.6. The van der Waals surface area contributed by atoms with Gasteiger partial charge in [0.1, 0.15) is 12.4 Å². The SMILES string of the molecule is O=C(CCn1cc([N+](=O)[O-])cn1)NC1CCCN(c2ccccc2)C1. The van der Waals surface area contributed by atoms with Gasteiger partial charge >= 0.3 is 5.69 Å². The third kappa shape index (κ3) is 4.56. The summed E-state index contributed by atoms with van der Waals surface area (Å²) in [5.74, 6) is -0.0573. The number of aryl methyl sites for hydroxylation is 1. The normalized spacial score (nSPS) is 17.3. The Bertz CT molecular complexity index is 731. The second-order valence-corrected chi connectivity index (χ2v) is 6.16. The zero-order valence-corrected chi connectivity index (χ0v) is 13.9. The Labute approximate surface area is 145 Å². The zero-order valence-electron chi connectivity index (χ0n) is 13.9. The predicted octanol–water partition coefficient (Wildman–Crippen LogP) is 1.97. The van der Waals surface area contributed by atoms with Gasteiger partial charge in [-0.3, -0.25) is 19.6 Å². The summed E-state index contributed by atoms with van der Waals surface area (Å²) in [6.45, 7) is 2.12. The largest absolute Gasteiger partial charge is 0.369 e. The van der Waals surface area contributed by atoms with Crippen molar-refractivity contribution in [2.75, 3.05) is 18.0 Å².